The molecule has 4 nitrogen and oxygen atoms in total. The zero-order valence-electron chi connectivity index (χ0n) is 7.58. The van der Waals surface area contributed by atoms with Gasteiger partial charge in [0, 0.05) is 12.2 Å². The molecule has 0 amide bonds. The molecule has 0 aliphatic heterocycles. The lowest BCUT2D eigenvalue weighted by Crippen LogP contribution is -2.35. The maximum atomic E-state index is 11.6. The predicted octanol–water partition coefficient (Wildman–Crippen LogP) is 0.733. The van der Waals surface area contributed by atoms with E-state index >= 15 is 0 Å². The molecule has 1 unspecified atom stereocenters. The van der Waals surface area contributed by atoms with Crippen molar-refractivity contribution in [3.05, 3.63) is 18.0 Å². The molecule has 1 fully saturated rings. The first kappa shape index (κ1) is 8.44. The first-order valence-corrected chi connectivity index (χ1v) is 4.57. The fourth-order valence-electron chi connectivity index (χ4n) is 1.31. The molecule has 1 saturated carbocycles. The van der Waals surface area contributed by atoms with E-state index in [1.165, 1.54) is 12.8 Å². The second kappa shape index (κ2) is 3.30. The Morgan fingerprint density at radius 2 is 2.54 bits per heavy atom. The Balaban J connectivity index is 1.95. The van der Waals surface area contributed by atoms with Crippen LogP contribution in [0.15, 0.2) is 12.3 Å². The smallest absolute Gasteiger partial charge is 0.197 e. The van der Waals surface area contributed by atoms with Gasteiger partial charge in [-0.2, -0.15) is 5.10 Å². The maximum absolute atomic E-state index is 11.6. The summed E-state index contributed by atoms with van der Waals surface area (Å²) in [5, 5.41) is 9.66. The van der Waals surface area contributed by atoms with Gasteiger partial charge in [-0.05, 0) is 25.8 Å². The molecule has 2 N–H and O–H groups in total. The topological polar surface area (TPSA) is 57.8 Å². The molecular weight excluding hydrogens is 166 g/mol. The minimum Gasteiger partial charge on any atom is -0.305 e. The van der Waals surface area contributed by atoms with Crippen LogP contribution in [0.25, 0.3) is 0 Å². The Labute approximate surface area is 76.7 Å². The van der Waals surface area contributed by atoms with E-state index in [4.69, 9.17) is 0 Å². The summed E-state index contributed by atoms with van der Waals surface area (Å²) in [7, 11) is 0. The largest absolute Gasteiger partial charge is 0.305 e. The molecule has 1 aromatic heterocycles. The van der Waals surface area contributed by atoms with Gasteiger partial charge in [-0.15, -0.1) is 0 Å². The number of aromatic amines is 1. The van der Waals surface area contributed by atoms with Gasteiger partial charge in [0.05, 0.1) is 6.04 Å². The molecule has 0 aromatic carbocycles. The second-order valence-corrected chi connectivity index (χ2v) is 3.50. The van der Waals surface area contributed by atoms with E-state index in [2.05, 4.69) is 15.5 Å². The Morgan fingerprint density at radius 3 is 3.08 bits per heavy atom. The van der Waals surface area contributed by atoms with Gasteiger partial charge >= 0.3 is 0 Å². The Kier molecular flexibility index (Phi) is 2.14. The van der Waals surface area contributed by atoms with E-state index in [0.29, 0.717) is 11.7 Å². The van der Waals surface area contributed by atoms with Crippen molar-refractivity contribution in [2.75, 3.05) is 0 Å². The second-order valence-electron chi connectivity index (χ2n) is 3.50. The SMILES string of the molecule is CC(NC1CC1)C(=O)c1ccn[nH]1. The molecule has 70 valence electrons. The van der Waals surface area contributed by atoms with Crippen LogP contribution in [0.1, 0.15) is 30.3 Å². The van der Waals surface area contributed by atoms with Gasteiger partial charge < -0.3 is 5.32 Å². The van der Waals surface area contributed by atoms with E-state index in [0.717, 1.165) is 0 Å². The zero-order chi connectivity index (χ0) is 9.26. The highest BCUT2D eigenvalue weighted by atomic mass is 16.1. The molecule has 1 aromatic rings. The number of ketones is 1. The number of carbonyl (C=O) groups is 1. The molecule has 1 heterocycles. The lowest BCUT2D eigenvalue weighted by molar-refractivity contribution is 0.0945. The van der Waals surface area contributed by atoms with Crippen molar-refractivity contribution in [3.63, 3.8) is 0 Å². The average molecular weight is 179 g/mol. The van der Waals surface area contributed by atoms with Gasteiger partial charge in [-0.3, -0.25) is 9.89 Å². The summed E-state index contributed by atoms with van der Waals surface area (Å²) in [6.07, 6.45) is 3.98. The number of aromatic nitrogens is 2. The Morgan fingerprint density at radius 1 is 1.77 bits per heavy atom. The summed E-state index contributed by atoms with van der Waals surface area (Å²) in [6, 6.07) is 2.16. The summed E-state index contributed by atoms with van der Waals surface area (Å²) in [6.45, 7) is 1.89. The van der Waals surface area contributed by atoms with Crippen LogP contribution in [0.2, 0.25) is 0 Å². The molecule has 1 aliphatic rings. The third kappa shape index (κ3) is 1.95. The standard InChI is InChI=1S/C9H13N3O/c1-6(11-7-2-3-7)9(13)8-4-5-10-12-8/h4-7,11H,2-3H2,1H3,(H,10,12). The molecule has 1 atom stereocenters. The van der Waals surface area contributed by atoms with Crippen molar-refractivity contribution < 1.29 is 4.79 Å². The molecule has 13 heavy (non-hydrogen) atoms. The molecule has 1 aliphatic carbocycles. The first-order chi connectivity index (χ1) is 6.27. The third-order valence-electron chi connectivity index (χ3n) is 2.22. The number of hydrogen-bond donors (Lipinski definition) is 2. The number of carbonyl (C=O) groups excluding carboxylic acids is 1. The number of rotatable bonds is 4. The predicted molar refractivity (Wildman–Crippen MR) is 48.5 cm³/mol. The van der Waals surface area contributed by atoms with Crippen LogP contribution in [0, 0.1) is 0 Å². The number of Topliss-reactive ketones (excluding diaryl/α,β-unsaturated/α-hetero) is 1. The summed E-state index contributed by atoms with van der Waals surface area (Å²) >= 11 is 0. The van der Waals surface area contributed by atoms with Crippen LogP contribution >= 0.6 is 0 Å². The van der Waals surface area contributed by atoms with Crippen LogP contribution in [-0.2, 0) is 0 Å². The van der Waals surface area contributed by atoms with E-state index in [-0.39, 0.29) is 11.8 Å². The van der Waals surface area contributed by atoms with Crippen molar-refractivity contribution >= 4 is 5.78 Å². The molecule has 0 spiro atoms. The van der Waals surface area contributed by atoms with Gasteiger partial charge in [0.1, 0.15) is 5.69 Å². The normalized spacial score (nSPS) is 18.5. The molecule has 0 saturated heterocycles. The van der Waals surface area contributed by atoms with Crippen molar-refractivity contribution in [1.82, 2.24) is 15.5 Å². The number of nitrogens with zero attached hydrogens (tertiary/aromatic N) is 1. The maximum Gasteiger partial charge on any atom is 0.197 e. The Hall–Kier alpha value is -1.16. The van der Waals surface area contributed by atoms with E-state index in [1.54, 1.807) is 12.3 Å². The van der Waals surface area contributed by atoms with Crippen LogP contribution in [-0.4, -0.2) is 28.1 Å². The zero-order valence-corrected chi connectivity index (χ0v) is 7.58. The molecule has 4 heteroatoms. The lowest BCUT2D eigenvalue weighted by atomic mass is 10.1. The molecular formula is C9H13N3O. The van der Waals surface area contributed by atoms with Crippen molar-refractivity contribution in [3.8, 4) is 0 Å². The minimum absolute atomic E-state index is 0.0874. The van der Waals surface area contributed by atoms with E-state index in [1.807, 2.05) is 6.92 Å². The highest BCUT2D eigenvalue weighted by Gasteiger charge is 2.26. The van der Waals surface area contributed by atoms with Crippen LogP contribution < -0.4 is 5.32 Å². The fourth-order valence-corrected chi connectivity index (χ4v) is 1.31. The fraction of sp³-hybridized carbons (Fsp3) is 0.556. The van der Waals surface area contributed by atoms with Gasteiger partial charge in [0.2, 0.25) is 0 Å². The number of nitrogens with one attached hydrogen (secondary N) is 2. The molecule has 0 bridgehead atoms. The summed E-state index contributed by atoms with van der Waals surface area (Å²) in [4.78, 5) is 11.6. The van der Waals surface area contributed by atoms with Crippen molar-refractivity contribution in [2.24, 2.45) is 0 Å². The molecule has 0 radical (unpaired) electrons. The quantitative estimate of drug-likeness (QED) is 0.670. The highest BCUT2D eigenvalue weighted by molar-refractivity contribution is 5.98. The van der Waals surface area contributed by atoms with Gasteiger partial charge in [-0.25, -0.2) is 0 Å². The van der Waals surface area contributed by atoms with E-state index in [9.17, 15) is 4.79 Å². The van der Waals surface area contributed by atoms with Gasteiger partial charge in [0.15, 0.2) is 5.78 Å². The van der Waals surface area contributed by atoms with Gasteiger partial charge in [-0.1, -0.05) is 0 Å². The first-order valence-electron chi connectivity index (χ1n) is 4.57. The Bertz CT molecular complexity index is 290. The monoisotopic (exact) mass is 179 g/mol. The van der Waals surface area contributed by atoms with Crippen molar-refractivity contribution in [2.45, 2.75) is 31.8 Å². The summed E-state index contributed by atoms with van der Waals surface area (Å²) < 4.78 is 0. The number of hydrogen-bond acceptors (Lipinski definition) is 3. The van der Waals surface area contributed by atoms with Crippen molar-refractivity contribution in [1.29, 1.82) is 0 Å². The molecule has 2 rings (SSSR count). The van der Waals surface area contributed by atoms with E-state index < -0.39 is 0 Å². The highest BCUT2D eigenvalue weighted by Crippen LogP contribution is 2.19. The van der Waals surface area contributed by atoms with Gasteiger partial charge in [0.25, 0.3) is 0 Å². The van der Waals surface area contributed by atoms with Crippen LogP contribution in [0.5, 0.6) is 0 Å². The minimum atomic E-state index is -0.104. The lowest BCUT2D eigenvalue weighted by Gasteiger charge is -2.09. The average Bonchev–Trinajstić information content (AvgIpc) is 2.78. The van der Waals surface area contributed by atoms with Crippen LogP contribution in [0.4, 0.5) is 0 Å². The summed E-state index contributed by atoms with van der Waals surface area (Å²) in [5.41, 5.74) is 0.584. The van der Waals surface area contributed by atoms with Crippen LogP contribution in [0.3, 0.4) is 0 Å². The summed E-state index contributed by atoms with van der Waals surface area (Å²) in [5.74, 6) is 0.0874. The number of H-pyrrole nitrogens is 1. The third-order valence-corrected chi connectivity index (χ3v) is 2.22.